The van der Waals surface area contributed by atoms with Crippen LogP contribution in [-0.2, 0) is 16.6 Å². The minimum Gasteiger partial charge on any atom is -0.310 e. The second kappa shape index (κ2) is 5.83. The maximum absolute atomic E-state index is 12.5. The lowest BCUT2D eigenvalue weighted by molar-refractivity contribution is 0.597. The van der Waals surface area contributed by atoms with Crippen molar-refractivity contribution in [3.8, 4) is 0 Å². The molecule has 5 nitrogen and oxygen atoms in total. The van der Waals surface area contributed by atoms with Gasteiger partial charge in [0.1, 0.15) is 0 Å². The average Bonchev–Trinajstić information content (AvgIpc) is 3.30. The van der Waals surface area contributed by atoms with E-state index >= 15 is 0 Å². The third kappa shape index (κ3) is 3.59. The third-order valence-electron chi connectivity index (χ3n) is 3.33. The lowest BCUT2D eigenvalue weighted by Gasteiger charge is -2.12. The van der Waals surface area contributed by atoms with Crippen LogP contribution < -0.4 is 10.0 Å². The molecule has 1 fully saturated rings. The molecule has 2 aromatic rings. The van der Waals surface area contributed by atoms with Gasteiger partial charge in [-0.1, -0.05) is 18.2 Å². The number of aromatic nitrogens is 1. The highest BCUT2D eigenvalue weighted by atomic mass is 32.2. The molecule has 1 aliphatic rings. The monoisotopic (exact) mass is 303 g/mol. The average molecular weight is 303 g/mol. The molecule has 1 aromatic carbocycles. The van der Waals surface area contributed by atoms with E-state index in [1.54, 1.807) is 30.5 Å². The maximum Gasteiger partial charge on any atom is 0.262 e. The Kier molecular flexibility index (Phi) is 3.90. The van der Waals surface area contributed by atoms with Gasteiger partial charge in [-0.2, -0.15) is 0 Å². The fraction of sp³-hybridized carbons (Fsp3) is 0.267. The second-order valence-electron chi connectivity index (χ2n) is 5.11. The van der Waals surface area contributed by atoms with Crippen LogP contribution in [0.3, 0.4) is 0 Å². The Hall–Kier alpha value is -1.92. The van der Waals surface area contributed by atoms with Crippen LogP contribution in [0.15, 0.2) is 53.7 Å². The Morgan fingerprint density at radius 1 is 1.14 bits per heavy atom. The summed E-state index contributed by atoms with van der Waals surface area (Å²) in [4.78, 5) is 4.22. The lowest BCUT2D eigenvalue weighted by atomic mass is 10.2. The van der Waals surface area contributed by atoms with E-state index in [0.29, 0.717) is 23.2 Å². The van der Waals surface area contributed by atoms with Crippen molar-refractivity contribution in [2.75, 3.05) is 4.72 Å². The van der Waals surface area contributed by atoms with Crippen molar-refractivity contribution in [1.29, 1.82) is 0 Å². The molecule has 0 amide bonds. The number of rotatable bonds is 6. The molecule has 1 heterocycles. The molecule has 3 rings (SSSR count). The first-order chi connectivity index (χ1) is 10.1. The zero-order valence-electron chi connectivity index (χ0n) is 11.5. The quantitative estimate of drug-likeness (QED) is 0.857. The summed E-state index contributed by atoms with van der Waals surface area (Å²) >= 11 is 0. The zero-order valence-corrected chi connectivity index (χ0v) is 12.3. The number of pyridine rings is 1. The van der Waals surface area contributed by atoms with E-state index in [4.69, 9.17) is 0 Å². The number of benzene rings is 1. The van der Waals surface area contributed by atoms with Gasteiger partial charge < -0.3 is 5.32 Å². The van der Waals surface area contributed by atoms with Crippen LogP contribution in [0, 0.1) is 0 Å². The van der Waals surface area contributed by atoms with E-state index in [0.717, 1.165) is 5.56 Å². The summed E-state index contributed by atoms with van der Waals surface area (Å²) in [6, 6.07) is 11.0. The number of hydrogen-bond acceptors (Lipinski definition) is 4. The molecule has 0 saturated heterocycles. The Balaban J connectivity index is 1.83. The van der Waals surface area contributed by atoms with Gasteiger partial charge in [-0.15, -0.1) is 0 Å². The van der Waals surface area contributed by atoms with Crippen molar-refractivity contribution in [2.24, 2.45) is 0 Å². The summed E-state index contributed by atoms with van der Waals surface area (Å²) in [5.41, 5.74) is 1.24. The summed E-state index contributed by atoms with van der Waals surface area (Å²) in [5, 5.41) is 3.34. The van der Waals surface area contributed by atoms with Gasteiger partial charge in [0.2, 0.25) is 0 Å². The van der Waals surface area contributed by atoms with Crippen molar-refractivity contribution >= 4 is 15.7 Å². The van der Waals surface area contributed by atoms with E-state index in [9.17, 15) is 8.42 Å². The SMILES string of the molecule is O=S(=O)(Nc1cccnc1)c1ccccc1CNC1CC1. The largest absolute Gasteiger partial charge is 0.310 e. The molecule has 0 bridgehead atoms. The Labute approximate surface area is 124 Å². The first kappa shape index (κ1) is 14.0. The first-order valence-electron chi connectivity index (χ1n) is 6.89. The van der Waals surface area contributed by atoms with Gasteiger partial charge in [0.25, 0.3) is 10.0 Å². The Morgan fingerprint density at radius 2 is 1.95 bits per heavy atom. The van der Waals surface area contributed by atoms with Crippen molar-refractivity contribution in [3.05, 3.63) is 54.4 Å². The highest BCUT2D eigenvalue weighted by molar-refractivity contribution is 7.92. The minimum absolute atomic E-state index is 0.307. The molecule has 0 unspecified atom stereocenters. The summed E-state index contributed by atoms with van der Waals surface area (Å²) in [7, 11) is -3.60. The number of sulfonamides is 1. The van der Waals surface area contributed by atoms with Crippen LogP contribution in [0.1, 0.15) is 18.4 Å². The first-order valence-corrected chi connectivity index (χ1v) is 8.37. The van der Waals surface area contributed by atoms with E-state index in [2.05, 4.69) is 15.0 Å². The van der Waals surface area contributed by atoms with Gasteiger partial charge in [0.05, 0.1) is 16.8 Å². The smallest absolute Gasteiger partial charge is 0.262 e. The lowest BCUT2D eigenvalue weighted by Crippen LogP contribution is -2.20. The summed E-state index contributed by atoms with van der Waals surface area (Å²) in [6.45, 7) is 0.564. The molecule has 0 radical (unpaired) electrons. The van der Waals surface area contributed by atoms with Gasteiger partial charge in [0, 0.05) is 18.8 Å². The van der Waals surface area contributed by atoms with Gasteiger partial charge in [0.15, 0.2) is 0 Å². The highest BCUT2D eigenvalue weighted by Gasteiger charge is 2.22. The zero-order chi connectivity index (χ0) is 14.7. The standard InChI is InChI=1S/C15H17N3O2S/c19-21(20,18-14-5-3-9-16-11-14)15-6-2-1-4-12(15)10-17-13-7-8-13/h1-6,9,11,13,17-18H,7-8,10H2. The molecule has 0 aliphatic heterocycles. The van der Waals surface area contributed by atoms with E-state index in [1.165, 1.54) is 19.0 Å². The van der Waals surface area contributed by atoms with Crippen molar-refractivity contribution in [2.45, 2.75) is 30.3 Å². The number of nitrogens with one attached hydrogen (secondary N) is 2. The molecule has 1 aromatic heterocycles. The molecule has 110 valence electrons. The van der Waals surface area contributed by atoms with Crippen molar-refractivity contribution < 1.29 is 8.42 Å². The number of nitrogens with zero attached hydrogens (tertiary/aromatic N) is 1. The fourth-order valence-electron chi connectivity index (χ4n) is 2.09. The van der Waals surface area contributed by atoms with Crippen LogP contribution >= 0.6 is 0 Å². The topological polar surface area (TPSA) is 71.1 Å². The van der Waals surface area contributed by atoms with Gasteiger partial charge in [-0.25, -0.2) is 8.42 Å². The number of anilines is 1. The predicted octanol–water partition coefficient (Wildman–Crippen LogP) is 2.13. The van der Waals surface area contributed by atoms with Crippen LogP contribution in [0.25, 0.3) is 0 Å². The van der Waals surface area contributed by atoms with Crippen LogP contribution in [0.2, 0.25) is 0 Å². The van der Waals surface area contributed by atoms with Gasteiger partial charge >= 0.3 is 0 Å². The molecule has 6 heteroatoms. The molecule has 1 saturated carbocycles. The van der Waals surface area contributed by atoms with Crippen LogP contribution in [-0.4, -0.2) is 19.4 Å². The summed E-state index contributed by atoms with van der Waals surface area (Å²) < 4.78 is 27.6. The number of hydrogen-bond donors (Lipinski definition) is 2. The van der Waals surface area contributed by atoms with E-state index in [-0.39, 0.29) is 0 Å². The summed E-state index contributed by atoms with van der Waals surface area (Å²) in [5.74, 6) is 0. The van der Waals surface area contributed by atoms with Crippen LogP contribution in [0.5, 0.6) is 0 Å². The molecule has 1 aliphatic carbocycles. The molecule has 2 N–H and O–H groups in total. The predicted molar refractivity (Wildman–Crippen MR) is 81.3 cm³/mol. The van der Waals surface area contributed by atoms with Crippen molar-refractivity contribution in [1.82, 2.24) is 10.3 Å². The van der Waals surface area contributed by atoms with Gasteiger partial charge in [-0.3, -0.25) is 9.71 Å². The second-order valence-corrected chi connectivity index (χ2v) is 6.76. The molecular weight excluding hydrogens is 286 g/mol. The van der Waals surface area contributed by atoms with Gasteiger partial charge in [-0.05, 0) is 36.6 Å². The maximum atomic E-state index is 12.5. The van der Waals surface area contributed by atoms with Crippen LogP contribution in [0.4, 0.5) is 5.69 Å². The third-order valence-corrected chi connectivity index (χ3v) is 4.82. The molecular formula is C15H17N3O2S. The van der Waals surface area contributed by atoms with E-state index < -0.39 is 10.0 Å². The molecule has 21 heavy (non-hydrogen) atoms. The highest BCUT2D eigenvalue weighted by Crippen LogP contribution is 2.22. The Bertz CT molecular complexity index is 713. The van der Waals surface area contributed by atoms with Crippen molar-refractivity contribution in [3.63, 3.8) is 0 Å². The summed E-state index contributed by atoms with van der Waals surface area (Å²) in [6.07, 6.45) is 5.43. The molecule has 0 atom stereocenters. The minimum atomic E-state index is -3.60. The Morgan fingerprint density at radius 3 is 2.67 bits per heavy atom. The van der Waals surface area contributed by atoms with E-state index in [1.807, 2.05) is 12.1 Å². The molecule has 0 spiro atoms. The normalized spacial score (nSPS) is 14.9. The fourth-order valence-corrected chi connectivity index (χ4v) is 3.37.